The highest BCUT2D eigenvalue weighted by atomic mass is 79.9. The second-order valence-electron chi connectivity index (χ2n) is 7.67. The lowest BCUT2D eigenvalue weighted by atomic mass is 10.0. The van der Waals surface area contributed by atoms with E-state index in [9.17, 15) is 4.79 Å². The van der Waals surface area contributed by atoms with Crippen molar-refractivity contribution in [2.45, 2.75) is 71.7 Å². The maximum absolute atomic E-state index is 12.5. The van der Waals surface area contributed by atoms with Crippen LogP contribution in [0.1, 0.15) is 59.4 Å². The highest BCUT2D eigenvalue weighted by Crippen LogP contribution is 2.29. The molecule has 0 radical (unpaired) electrons. The average molecular weight is 456 g/mol. The third-order valence-electron chi connectivity index (χ3n) is 4.04. The Morgan fingerprint density at radius 1 is 1.36 bits per heavy atom. The van der Waals surface area contributed by atoms with Gasteiger partial charge in [0.05, 0.1) is 0 Å². The minimum Gasteiger partial charge on any atom is -0.478 e. The fourth-order valence-electron chi connectivity index (χ4n) is 2.66. The van der Waals surface area contributed by atoms with Crippen LogP contribution in [0.15, 0.2) is 27.8 Å². The molecule has 2 atom stereocenters. The lowest BCUT2D eigenvalue weighted by Crippen LogP contribution is -2.35. The van der Waals surface area contributed by atoms with Crippen molar-refractivity contribution < 1.29 is 23.8 Å². The van der Waals surface area contributed by atoms with Crippen molar-refractivity contribution in [3.8, 4) is 5.75 Å². The lowest BCUT2D eigenvalue weighted by molar-refractivity contribution is -0.163. The van der Waals surface area contributed by atoms with Crippen LogP contribution in [0.2, 0.25) is 0 Å². The molecule has 0 aliphatic carbocycles. The number of halogens is 1. The molecule has 0 saturated carbocycles. The summed E-state index contributed by atoms with van der Waals surface area (Å²) in [6, 6.07) is 5.58. The Balaban J connectivity index is 2.23. The van der Waals surface area contributed by atoms with Crippen LogP contribution in [0.5, 0.6) is 5.75 Å². The molecule has 28 heavy (non-hydrogen) atoms. The normalized spacial score (nSPS) is 17.6. The van der Waals surface area contributed by atoms with Crippen molar-refractivity contribution in [2.75, 3.05) is 13.2 Å². The number of carbonyl (C=O) groups excluding carboxylic acids is 1. The van der Waals surface area contributed by atoms with Gasteiger partial charge in [-0.15, -0.1) is 0 Å². The van der Waals surface area contributed by atoms with Crippen molar-refractivity contribution in [3.63, 3.8) is 0 Å². The molecule has 0 bridgehead atoms. The first-order valence-corrected chi connectivity index (χ1v) is 10.5. The van der Waals surface area contributed by atoms with E-state index in [1.165, 1.54) is 0 Å². The van der Waals surface area contributed by atoms with Crippen molar-refractivity contribution >= 4 is 27.6 Å². The number of nitrogens with zero attached hydrogens (tertiary/aromatic N) is 1. The van der Waals surface area contributed by atoms with Crippen molar-refractivity contribution in [1.29, 1.82) is 0 Å². The van der Waals surface area contributed by atoms with E-state index in [2.05, 4.69) is 28.0 Å². The molecule has 7 heteroatoms. The predicted molar refractivity (Wildman–Crippen MR) is 112 cm³/mol. The summed E-state index contributed by atoms with van der Waals surface area (Å²) in [5.41, 5.74) is 0.847. The topological polar surface area (TPSA) is 66.3 Å². The SMILES string of the molecule is CCCCOC1CON=C1c1cc(Br)ccc1O[C@@H](CC)C(=O)OC(C)(C)C. The van der Waals surface area contributed by atoms with Gasteiger partial charge in [-0.05, 0) is 51.8 Å². The fraction of sp³-hybridized carbons (Fsp3) is 0.619. The first kappa shape index (κ1) is 22.7. The summed E-state index contributed by atoms with van der Waals surface area (Å²) in [4.78, 5) is 17.8. The van der Waals surface area contributed by atoms with Crippen molar-refractivity contribution in [3.05, 3.63) is 28.2 Å². The maximum Gasteiger partial charge on any atom is 0.347 e. The molecule has 1 aromatic rings. The average Bonchev–Trinajstić information content (AvgIpc) is 3.07. The molecule has 0 spiro atoms. The van der Waals surface area contributed by atoms with E-state index in [1.54, 1.807) is 0 Å². The van der Waals surface area contributed by atoms with E-state index in [0.717, 1.165) is 22.9 Å². The Labute approximate surface area is 175 Å². The van der Waals surface area contributed by atoms with Crippen LogP contribution in [0.4, 0.5) is 0 Å². The molecule has 156 valence electrons. The monoisotopic (exact) mass is 455 g/mol. The fourth-order valence-corrected chi connectivity index (χ4v) is 3.02. The van der Waals surface area contributed by atoms with Gasteiger partial charge in [0.15, 0.2) is 6.10 Å². The summed E-state index contributed by atoms with van der Waals surface area (Å²) < 4.78 is 18.4. The summed E-state index contributed by atoms with van der Waals surface area (Å²) >= 11 is 3.50. The number of rotatable bonds is 9. The zero-order valence-electron chi connectivity index (χ0n) is 17.3. The summed E-state index contributed by atoms with van der Waals surface area (Å²) in [5, 5.41) is 4.18. The van der Waals surface area contributed by atoms with Gasteiger partial charge < -0.3 is 19.0 Å². The van der Waals surface area contributed by atoms with Crippen LogP contribution in [0.3, 0.4) is 0 Å². The minimum absolute atomic E-state index is 0.259. The van der Waals surface area contributed by atoms with Crippen LogP contribution >= 0.6 is 15.9 Å². The molecule has 0 fully saturated rings. The molecule has 0 aromatic heterocycles. The van der Waals surface area contributed by atoms with Crippen LogP contribution in [0.25, 0.3) is 0 Å². The number of ether oxygens (including phenoxy) is 3. The van der Waals surface area contributed by atoms with E-state index < -0.39 is 11.7 Å². The number of carbonyl (C=O) groups is 1. The van der Waals surface area contributed by atoms with E-state index in [-0.39, 0.29) is 12.1 Å². The first-order valence-electron chi connectivity index (χ1n) is 9.76. The Kier molecular flexibility index (Phi) is 8.31. The number of esters is 1. The van der Waals surface area contributed by atoms with Gasteiger partial charge >= 0.3 is 5.97 Å². The molecule has 1 aliphatic rings. The van der Waals surface area contributed by atoms with Gasteiger partial charge in [0.1, 0.15) is 29.8 Å². The Morgan fingerprint density at radius 2 is 2.11 bits per heavy atom. The predicted octanol–water partition coefficient (Wildman–Crippen LogP) is 4.87. The third-order valence-corrected chi connectivity index (χ3v) is 4.53. The molecular formula is C21H30BrNO5. The van der Waals surface area contributed by atoms with E-state index >= 15 is 0 Å². The Morgan fingerprint density at radius 3 is 2.75 bits per heavy atom. The highest BCUT2D eigenvalue weighted by Gasteiger charge is 2.31. The molecule has 1 aromatic carbocycles. The molecular weight excluding hydrogens is 426 g/mol. The number of benzene rings is 1. The van der Waals surface area contributed by atoms with Crippen LogP contribution in [0, 0.1) is 0 Å². The first-order chi connectivity index (χ1) is 13.2. The smallest absolute Gasteiger partial charge is 0.347 e. The maximum atomic E-state index is 12.5. The highest BCUT2D eigenvalue weighted by molar-refractivity contribution is 9.10. The van der Waals surface area contributed by atoms with Gasteiger partial charge in [0, 0.05) is 16.6 Å². The van der Waals surface area contributed by atoms with Gasteiger partial charge in [-0.1, -0.05) is 41.4 Å². The summed E-state index contributed by atoms with van der Waals surface area (Å²) in [6.07, 6.45) is 1.55. The lowest BCUT2D eigenvalue weighted by Gasteiger charge is -2.25. The third kappa shape index (κ3) is 6.48. The van der Waals surface area contributed by atoms with Crippen LogP contribution < -0.4 is 4.74 Å². The van der Waals surface area contributed by atoms with Gasteiger partial charge in [-0.3, -0.25) is 0 Å². The Hall–Kier alpha value is -1.60. The number of unbranched alkanes of at least 4 members (excludes halogenated alkanes) is 1. The van der Waals surface area contributed by atoms with E-state index in [1.807, 2.05) is 45.9 Å². The van der Waals surface area contributed by atoms with Crippen molar-refractivity contribution in [1.82, 2.24) is 0 Å². The van der Waals surface area contributed by atoms with Gasteiger partial charge in [0.2, 0.25) is 0 Å². The molecule has 0 N–H and O–H groups in total. The molecule has 1 heterocycles. The van der Waals surface area contributed by atoms with Crippen LogP contribution in [-0.4, -0.2) is 42.7 Å². The second-order valence-corrected chi connectivity index (χ2v) is 8.59. The minimum atomic E-state index is -0.707. The molecule has 6 nitrogen and oxygen atoms in total. The van der Waals surface area contributed by atoms with E-state index in [0.29, 0.717) is 31.1 Å². The summed E-state index contributed by atoms with van der Waals surface area (Å²) in [6.45, 7) is 10.5. The van der Waals surface area contributed by atoms with Gasteiger partial charge in [0.25, 0.3) is 0 Å². The molecule has 1 aliphatic heterocycles. The van der Waals surface area contributed by atoms with Gasteiger partial charge in [-0.25, -0.2) is 4.79 Å². The molecule has 0 saturated heterocycles. The van der Waals surface area contributed by atoms with Crippen LogP contribution in [-0.2, 0) is 19.1 Å². The summed E-state index contributed by atoms with van der Waals surface area (Å²) in [7, 11) is 0. The zero-order valence-corrected chi connectivity index (χ0v) is 18.9. The van der Waals surface area contributed by atoms with E-state index in [4.69, 9.17) is 19.0 Å². The summed E-state index contributed by atoms with van der Waals surface area (Å²) in [5.74, 6) is 0.165. The Bertz CT molecular complexity index is 699. The number of hydrogen-bond donors (Lipinski definition) is 0. The second kappa shape index (κ2) is 10.3. The number of hydrogen-bond acceptors (Lipinski definition) is 6. The molecule has 1 unspecified atom stereocenters. The number of oxime groups is 1. The largest absolute Gasteiger partial charge is 0.478 e. The van der Waals surface area contributed by atoms with Crippen molar-refractivity contribution in [2.24, 2.45) is 5.16 Å². The molecule has 2 rings (SSSR count). The molecule has 0 amide bonds. The zero-order chi connectivity index (χ0) is 20.7. The van der Waals surface area contributed by atoms with Gasteiger partial charge in [-0.2, -0.15) is 0 Å². The standard InChI is InChI=1S/C21H30BrNO5/c1-6-8-11-25-18-13-26-23-19(18)15-12-14(22)9-10-17(15)27-16(7-2)20(24)28-21(3,4)5/h9-10,12,16,18H,6-8,11,13H2,1-5H3/t16-,18?/m0/s1. The quantitative estimate of drug-likeness (QED) is 0.392.